The third-order valence-electron chi connectivity index (χ3n) is 2.54. The number of rotatable bonds is 2. The van der Waals surface area contributed by atoms with Gasteiger partial charge >= 0.3 is 0 Å². The number of anilines is 1. The van der Waals surface area contributed by atoms with Gasteiger partial charge in [0.25, 0.3) is 10.1 Å². The molecule has 0 fully saturated rings. The van der Waals surface area contributed by atoms with Gasteiger partial charge in [-0.05, 0) is 17.5 Å². The van der Waals surface area contributed by atoms with E-state index in [1.54, 1.807) is 18.2 Å². The molecule has 0 saturated heterocycles. The summed E-state index contributed by atoms with van der Waals surface area (Å²) in [6.07, 6.45) is 0. The van der Waals surface area contributed by atoms with Crippen LogP contribution in [0.1, 0.15) is 6.92 Å². The van der Waals surface area contributed by atoms with Crippen molar-refractivity contribution in [1.82, 2.24) is 0 Å². The van der Waals surface area contributed by atoms with E-state index in [1.807, 2.05) is 0 Å². The molecular weight excluding hydrogens is 270 g/mol. The van der Waals surface area contributed by atoms with Crippen LogP contribution < -0.4 is 5.32 Å². The van der Waals surface area contributed by atoms with E-state index in [0.29, 0.717) is 16.5 Å². The van der Waals surface area contributed by atoms with Crippen molar-refractivity contribution in [3.8, 4) is 5.75 Å². The lowest BCUT2D eigenvalue weighted by atomic mass is 10.1. The summed E-state index contributed by atoms with van der Waals surface area (Å²) in [7, 11) is -4.40. The zero-order valence-electron chi connectivity index (χ0n) is 9.91. The summed E-state index contributed by atoms with van der Waals surface area (Å²) in [5.41, 5.74) is 0.365. The van der Waals surface area contributed by atoms with Crippen molar-refractivity contribution in [3.63, 3.8) is 0 Å². The predicted octanol–water partition coefficient (Wildman–Crippen LogP) is 1.75. The lowest BCUT2D eigenvalue weighted by molar-refractivity contribution is -0.114. The van der Waals surface area contributed by atoms with Crippen molar-refractivity contribution in [3.05, 3.63) is 30.3 Å². The van der Waals surface area contributed by atoms with Gasteiger partial charge in [-0.15, -0.1) is 0 Å². The molecule has 3 N–H and O–H groups in total. The highest BCUT2D eigenvalue weighted by molar-refractivity contribution is 7.85. The molecule has 100 valence electrons. The van der Waals surface area contributed by atoms with E-state index in [4.69, 9.17) is 4.55 Å². The molecule has 0 aliphatic carbocycles. The topological polar surface area (TPSA) is 104 Å². The van der Waals surface area contributed by atoms with Crippen molar-refractivity contribution in [2.75, 3.05) is 5.32 Å². The number of carbonyl (C=O) groups is 1. The second-order valence-electron chi connectivity index (χ2n) is 4.00. The van der Waals surface area contributed by atoms with Crippen LogP contribution in [-0.4, -0.2) is 24.0 Å². The highest BCUT2D eigenvalue weighted by Crippen LogP contribution is 2.34. The van der Waals surface area contributed by atoms with Crippen LogP contribution in [0.4, 0.5) is 5.69 Å². The van der Waals surface area contributed by atoms with E-state index in [9.17, 15) is 18.3 Å². The number of carbonyl (C=O) groups excluding carboxylic acids is 1. The van der Waals surface area contributed by atoms with E-state index in [2.05, 4.69) is 5.32 Å². The first-order chi connectivity index (χ1) is 8.79. The average Bonchev–Trinajstić information content (AvgIpc) is 2.26. The predicted molar refractivity (Wildman–Crippen MR) is 69.7 cm³/mol. The molecule has 0 spiro atoms. The number of benzene rings is 2. The minimum atomic E-state index is -4.40. The molecule has 2 rings (SSSR count). The van der Waals surface area contributed by atoms with Crippen molar-refractivity contribution < 1.29 is 22.9 Å². The number of phenols is 1. The fourth-order valence-electron chi connectivity index (χ4n) is 1.82. The Bertz CT molecular complexity index is 767. The minimum Gasteiger partial charge on any atom is -0.507 e. The van der Waals surface area contributed by atoms with Crippen LogP contribution in [0.2, 0.25) is 0 Å². The van der Waals surface area contributed by atoms with E-state index < -0.39 is 15.0 Å². The molecule has 0 saturated carbocycles. The largest absolute Gasteiger partial charge is 0.507 e. The molecule has 19 heavy (non-hydrogen) atoms. The molecule has 0 heterocycles. The van der Waals surface area contributed by atoms with Gasteiger partial charge in [-0.3, -0.25) is 9.35 Å². The van der Waals surface area contributed by atoms with Crippen LogP contribution in [0.5, 0.6) is 5.75 Å². The second-order valence-corrected chi connectivity index (χ2v) is 5.42. The first kappa shape index (κ1) is 13.3. The third kappa shape index (κ3) is 2.67. The molecule has 0 unspecified atom stereocenters. The number of nitrogens with one attached hydrogen (secondary N) is 1. The van der Waals surface area contributed by atoms with Gasteiger partial charge < -0.3 is 10.4 Å². The van der Waals surface area contributed by atoms with Gasteiger partial charge in [0.05, 0.1) is 10.6 Å². The molecule has 0 aliphatic rings. The molecule has 2 aromatic carbocycles. The summed E-state index contributed by atoms with van der Waals surface area (Å²) in [5, 5.41) is 13.1. The first-order valence-electron chi connectivity index (χ1n) is 5.30. The maximum atomic E-state index is 11.1. The lowest BCUT2D eigenvalue weighted by Crippen LogP contribution is -2.06. The van der Waals surface area contributed by atoms with Crippen molar-refractivity contribution in [2.24, 2.45) is 0 Å². The number of phenolic OH excluding ortho intramolecular Hbond substituents is 1. The number of aromatic hydroxyl groups is 1. The lowest BCUT2D eigenvalue weighted by Gasteiger charge is -2.10. The quantitative estimate of drug-likeness (QED) is 0.727. The standard InChI is InChI=1S/C12H11NO5S/c1-7(14)13-10-4-2-3-8-5-9(19(16,17)18)6-11(15)12(8)10/h2-6,15H,1H3,(H,13,14)(H,16,17,18). The number of fused-ring (bicyclic) bond motifs is 1. The summed E-state index contributed by atoms with van der Waals surface area (Å²) in [4.78, 5) is 10.7. The van der Waals surface area contributed by atoms with Crippen molar-refractivity contribution in [2.45, 2.75) is 11.8 Å². The zero-order chi connectivity index (χ0) is 14.2. The number of amides is 1. The minimum absolute atomic E-state index is 0.310. The molecule has 0 atom stereocenters. The van der Waals surface area contributed by atoms with Crippen LogP contribution in [0, 0.1) is 0 Å². The Morgan fingerprint density at radius 3 is 2.53 bits per heavy atom. The smallest absolute Gasteiger partial charge is 0.294 e. The molecular formula is C12H11NO5S. The fourth-order valence-corrected chi connectivity index (χ4v) is 2.36. The van der Waals surface area contributed by atoms with E-state index in [1.165, 1.54) is 13.0 Å². The summed E-state index contributed by atoms with van der Waals surface area (Å²) < 4.78 is 31.1. The molecule has 0 aliphatic heterocycles. The molecule has 7 heteroatoms. The first-order valence-corrected chi connectivity index (χ1v) is 6.74. The van der Waals surface area contributed by atoms with Crippen LogP contribution >= 0.6 is 0 Å². The Kier molecular flexibility index (Phi) is 3.17. The molecule has 1 amide bonds. The Morgan fingerprint density at radius 2 is 1.95 bits per heavy atom. The van der Waals surface area contributed by atoms with Crippen LogP contribution in [0.3, 0.4) is 0 Å². The van der Waals surface area contributed by atoms with Gasteiger partial charge in [0.15, 0.2) is 0 Å². The van der Waals surface area contributed by atoms with Gasteiger partial charge in [-0.2, -0.15) is 8.42 Å². The molecule has 6 nitrogen and oxygen atoms in total. The summed E-state index contributed by atoms with van der Waals surface area (Å²) >= 11 is 0. The fraction of sp³-hybridized carbons (Fsp3) is 0.0833. The van der Waals surface area contributed by atoms with Crippen LogP contribution in [0.25, 0.3) is 10.8 Å². The van der Waals surface area contributed by atoms with E-state index in [0.717, 1.165) is 6.07 Å². The molecule has 0 radical (unpaired) electrons. The van der Waals surface area contributed by atoms with Gasteiger partial charge in [0.1, 0.15) is 5.75 Å². The van der Waals surface area contributed by atoms with E-state index in [-0.39, 0.29) is 11.7 Å². The highest BCUT2D eigenvalue weighted by Gasteiger charge is 2.15. The van der Waals surface area contributed by atoms with E-state index >= 15 is 0 Å². The van der Waals surface area contributed by atoms with Gasteiger partial charge in [0, 0.05) is 18.4 Å². The Balaban J connectivity index is 2.76. The summed E-state index contributed by atoms with van der Waals surface area (Å²) in [6, 6.07) is 6.89. The Morgan fingerprint density at radius 1 is 1.26 bits per heavy atom. The third-order valence-corrected chi connectivity index (χ3v) is 3.37. The normalized spacial score (nSPS) is 11.5. The molecule has 0 bridgehead atoms. The second kappa shape index (κ2) is 4.52. The summed E-state index contributed by atoms with van der Waals surface area (Å²) in [6.45, 7) is 1.32. The Hall–Kier alpha value is -2.12. The average molecular weight is 281 g/mol. The molecule has 0 aromatic heterocycles. The van der Waals surface area contributed by atoms with Gasteiger partial charge in [-0.1, -0.05) is 12.1 Å². The maximum absolute atomic E-state index is 11.1. The number of hydrogen-bond acceptors (Lipinski definition) is 4. The highest BCUT2D eigenvalue weighted by atomic mass is 32.2. The van der Waals surface area contributed by atoms with Crippen LogP contribution in [-0.2, 0) is 14.9 Å². The van der Waals surface area contributed by atoms with Crippen molar-refractivity contribution >= 4 is 32.5 Å². The van der Waals surface area contributed by atoms with Crippen molar-refractivity contribution in [1.29, 1.82) is 0 Å². The zero-order valence-corrected chi connectivity index (χ0v) is 10.7. The van der Waals surface area contributed by atoms with Gasteiger partial charge in [0.2, 0.25) is 5.91 Å². The Labute approximate surface area is 109 Å². The van der Waals surface area contributed by atoms with Gasteiger partial charge in [-0.25, -0.2) is 0 Å². The maximum Gasteiger partial charge on any atom is 0.294 e. The number of hydrogen-bond donors (Lipinski definition) is 3. The monoisotopic (exact) mass is 281 g/mol. The SMILES string of the molecule is CC(=O)Nc1cccc2cc(S(=O)(=O)O)cc(O)c12. The molecule has 2 aromatic rings. The van der Waals surface area contributed by atoms with Crippen LogP contribution in [0.15, 0.2) is 35.2 Å². The summed E-state index contributed by atoms with van der Waals surface area (Å²) in [5.74, 6) is -0.653.